The van der Waals surface area contributed by atoms with Gasteiger partial charge in [0.2, 0.25) is 0 Å². The zero-order chi connectivity index (χ0) is 10.5. The van der Waals surface area contributed by atoms with Gasteiger partial charge in [-0.3, -0.25) is 0 Å². The van der Waals surface area contributed by atoms with Gasteiger partial charge in [-0.25, -0.2) is 0 Å². The molecule has 0 N–H and O–H groups in total. The zero-order valence-electron chi connectivity index (χ0n) is 10.1. The summed E-state index contributed by atoms with van der Waals surface area (Å²) in [7, 11) is 0. The number of hydrogen-bond acceptors (Lipinski definition) is 2. The number of nitrogens with zero attached hydrogens (tertiary/aromatic N) is 1. The Hall–Kier alpha value is -0.0800. The van der Waals surface area contributed by atoms with Crippen LogP contribution in [0.3, 0.4) is 0 Å². The summed E-state index contributed by atoms with van der Waals surface area (Å²) in [6.07, 6.45) is 9.91. The first-order valence-electron chi connectivity index (χ1n) is 6.76. The van der Waals surface area contributed by atoms with Crippen LogP contribution in [0.15, 0.2) is 0 Å². The van der Waals surface area contributed by atoms with E-state index in [0.29, 0.717) is 6.10 Å². The Balaban J connectivity index is 1.75. The first-order valence-corrected chi connectivity index (χ1v) is 6.76. The number of ether oxygens (including phenoxy) is 1. The van der Waals surface area contributed by atoms with Crippen LogP contribution in [0.4, 0.5) is 0 Å². The molecule has 1 heterocycles. The van der Waals surface area contributed by atoms with Gasteiger partial charge in [0.05, 0.1) is 6.10 Å². The fourth-order valence-electron chi connectivity index (χ4n) is 2.99. The molecule has 2 rings (SSSR count). The van der Waals surface area contributed by atoms with Gasteiger partial charge in [0, 0.05) is 12.6 Å². The second-order valence-corrected chi connectivity index (χ2v) is 5.06. The normalized spacial score (nSPS) is 33.4. The second kappa shape index (κ2) is 5.86. The average molecular weight is 211 g/mol. The summed E-state index contributed by atoms with van der Waals surface area (Å²) in [4.78, 5) is 2.70. The molecule has 2 atom stereocenters. The van der Waals surface area contributed by atoms with Crippen molar-refractivity contribution in [2.75, 3.05) is 19.7 Å². The minimum atomic E-state index is 0.560. The van der Waals surface area contributed by atoms with E-state index >= 15 is 0 Å². The van der Waals surface area contributed by atoms with E-state index in [1.807, 2.05) is 0 Å². The molecule has 1 saturated heterocycles. The summed E-state index contributed by atoms with van der Waals surface area (Å²) in [5.74, 6) is 0. The largest absolute Gasteiger partial charge is 0.378 e. The predicted molar refractivity (Wildman–Crippen MR) is 63.1 cm³/mol. The molecule has 0 amide bonds. The van der Waals surface area contributed by atoms with Crippen molar-refractivity contribution < 1.29 is 4.74 Å². The Morgan fingerprint density at radius 1 is 1.13 bits per heavy atom. The summed E-state index contributed by atoms with van der Waals surface area (Å²) >= 11 is 0. The first-order chi connectivity index (χ1) is 7.40. The summed E-state index contributed by atoms with van der Waals surface area (Å²) < 4.78 is 5.90. The SMILES string of the molecule is CCCOC1CCC[C@@H](N2CCCC2)C1. The molecule has 2 aliphatic rings. The lowest BCUT2D eigenvalue weighted by Crippen LogP contribution is -2.39. The van der Waals surface area contributed by atoms with Crippen molar-refractivity contribution in [1.29, 1.82) is 0 Å². The third-order valence-corrected chi connectivity index (χ3v) is 3.81. The molecule has 0 aromatic heterocycles. The highest BCUT2D eigenvalue weighted by atomic mass is 16.5. The minimum Gasteiger partial charge on any atom is -0.378 e. The van der Waals surface area contributed by atoms with Crippen LogP contribution in [-0.4, -0.2) is 36.7 Å². The third-order valence-electron chi connectivity index (χ3n) is 3.81. The fraction of sp³-hybridized carbons (Fsp3) is 1.00. The molecule has 1 unspecified atom stereocenters. The Bertz CT molecular complexity index is 177. The molecule has 2 heteroatoms. The molecule has 0 aromatic rings. The molecule has 0 radical (unpaired) electrons. The molecule has 0 spiro atoms. The Morgan fingerprint density at radius 2 is 1.93 bits per heavy atom. The lowest BCUT2D eigenvalue weighted by molar-refractivity contribution is 0.00271. The molecule has 2 fully saturated rings. The van der Waals surface area contributed by atoms with Gasteiger partial charge in [-0.1, -0.05) is 6.92 Å². The highest BCUT2D eigenvalue weighted by Crippen LogP contribution is 2.27. The van der Waals surface area contributed by atoms with E-state index in [0.717, 1.165) is 19.1 Å². The fourth-order valence-corrected chi connectivity index (χ4v) is 2.99. The van der Waals surface area contributed by atoms with Crippen LogP contribution < -0.4 is 0 Å². The maximum absolute atomic E-state index is 5.90. The van der Waals surface area contributed by atoms with Crippen LogP contribution in [0.1, 0.15) is 51.9 Å². The predicted octanol–water partition coefficient (Wildman–Crippen LogP) is 2.82. The molecule has 1 saturated carbocycles. The first kappa shape index (κ1) is 11.4. The number of hydrogen-bond donors (Lipinski definition) is 0. The number of likely N-dealkylation sites (tertiary alicyclic amines) is 1. The van der Waals surface area contributed by atoms with Crippen molar-refractivity contribution in [3.8, 4) is 0 Å². The monoisotopic (exact) mass is 211 g/mol. The highest BCUT2D eigenvalue weighted by molar-refractivity contribution is 4.83. The van der Waals surface area contributed by atoms with Crippen molar-refractivity contribution in [3.63, 3.8) is 0 Å². The molecule has 0 aromatic carbocycles. The van der Waals surface area contributed by atoms with Crippen LogP contribution in [0.25, 0.3) is 0 Å². The van der Waals surface area contributed by atoms with Crippen LogP contribution in [0.5, 0.6) is 0 Å². The molecule has 1 aliphatic carbocycles. The van der Waals surface area contributed by atoms with Crippen LogP contribution in [0, 0.1) is 0 Å². The topological polar surface area (TPSA) is 12.5 Å². The van der Waals surface area contributed by atoms with E-state index < -0.39 is 0 Å². The van der Waals surface area contributed by atoms with Crippen LogP contribution in [-0.2, 0) is 4.74 Å². The van der Waals surface area contributed by atoms with E-state index in [4.69, 9.17) is 4.74 Å². The summed E-state index contributed by atoms with van der Waals surface area (Å²) in [6, 6.07) is 0.836. The lowest BCUT2D eigenvalue weighted by Gasteiger charge is -2.35. The van der Waals surface area contributed by atoms with Crippen LogP contribution in [0.2, 0.25) is 0 Å². The average Bonchev–Trinajstić information content (AvgIpc) is 2.80. The summed E-state index contributed by atoms with van der Waals surface area (Å²) in [6.45, 7) is 5.83. The summed E-state index contributed by atoms with van der Waals surface area (Å²) in [5.41, 5.74) is 0. The molecule has 2 nitrogen and oxygen atoms in total. The van der Waals surface area contributed by atoms with E-state index in [1.165, 1.54) is 51.6 Å². The minimum absolute atomic E-state index is 0.560. The van der Waals surface area contributed by atoms with Crippen molar-refractivity contribution in [2.45, 2.75) is 64.0 Å². The molecular formula is C13H25NO. The van der Waals surface area contributed by atoms with E-state index in [-0.39, 0.29) is 0 Å². The van der Waals surface area contributed by atoms with E-state index in [2.05, 4.69) is 11.8 Å². The van der Waals surface area contributed by atoms with Crippen molar-refractivity contribution >= 4 is 0 Å². The Labute approximate surface area is 94.0 Å². The van der Waals surface area contributed by atoms with Gasteiger partial charge in [0.15, 0.2) is 0 Å². The quantitative estimate of drug-likeness (QED) is 0.709. The van der Waals surface area contributed by atoms with Gasteiger partial charge in [-0.15, -0.1) is 0 Å². The maximum Gasteiger partial charge on any atom is 0.0590 e. The van der Waals surface area contributed by atoms with Gasteiger partial charge in [0.25, 0.3) is 0 Å². The van der Waals surface area contributed by atoms with Gasteiger partial charge < -0.3 is 9.64 Å². The smallest absolute Gasteiger partial charge is 0.0590 e. The van der Waals surface area contributed by atoms with Crippen molar-refractivity contribution in [2.24, 2.45) is 0 Å². The van der Waals surface area contributed by atoms with Gasteiger partial charge in [-0.2, -0.15) is 0 Å². The van der Waals surface area contributed by atoms with Gasteiger partial charge >= 0.3 is 0 Å². The summed E-state index contributed by atoms with van der Waals surface area (Å²) in [5, 5.41) is 0. The molecule has 88 valence electrons. The Morgan fingerprint density at radius 3 is 2.67 bits per heavy atom. The lowest BCUT2D eigenvalue weighted by atomic mass is 9.92. The molecule has 1 aliphatic heterocycles. The molecular weight excluding hydrogens is 186 g/mol. The number of rotatable bonds is 4. The van der Waals surface area contributed by atoms with Gasteiger partial charge in [0.1, 0.15) is 0 Å². The second-order valence-electron chi connectivity index (χ2n) is 5.06. The third kappa shape index (κ3) is 3.18. The van der Waals surface area contributed by atoms with Gasteiger partial charge in [-0.05, 0) is 58.0 Å². The zero-order valence-corrected chi connectivity index (χ0v) is 10.1. The van der Waals surface area contributed by atoms with Crippen molar-refractivity contribution in [3.05, 3.63) is 0 Å². The standard InChI is InChI=1S/C13H25NO/c1-2-10-15-13-7-5-6-12(11-13)14-8-3-4-9-14/h12-13H,2-11H2,1H3/t12-,13?/m1/s1. The molecule has 0 bridgehead atoms. The Kier molecular flexibility index (Phi) is 4.45. The highest BCUT2D eigenvalue weighted by Gasteiger charge is 2.28. The van der Waals surface area contributed by atoms with Crippen LogP contribution >= 0.6 is 0 Å². The maximum atomic E-state index is 5.90. The van der Waals surface area contributed by atoms with E-state index in [9.17, 15) is 0 Å². The van der Waals surface area contributed by atoms with Crippen molar-refractivity contribution in [1.82, 2.24) is 4.90 Å². The molecule has 15 heavy (non-hydrogen) atoms. The van der Waals surface area contributed by atoms with E-state index in [1.54, 1.807) is 0 Å².